The minimum absolute atomic E-state index is 0.325. The van der Waals surface area contributed by atoms with E-state index in [4.69, 9.17) is 13.3 Å². The Balaban J connectivity index is 4.00. The van der Waals surface area contributed by atoms with E-state index in [1.807, 2.05) is 0 Å². The number of nitrogens with zero attached hydrogens (tertiary/aromatic N) is 1. The molecule has 0 amide bonds. The zero-order chi connectivity index (χ0) is 9.45. The monoisotopic (exact) mass is 191 g/mol. The molecule has 0 saturated heterocycles. The van der Waals surface area contributed by atoms with Crippen molar-refractivity contribution in [3.63, 3.8) is 0 Å². The molecule has 0 bridgehead atoms. The van der Waals surface area contributed by atoms with Crippen LogP contribution < -0.4 is 0 Å². The Hall–Kier alpha value is -0.523. The fourth-order valence-electron chi connectivity index (χ4n) is 0.795. The fraction of sp³-hybridized carbons (Fsp3) is 0.833. The van der Waals surface area contributed by atoms with Gasteiger partial charge in [0.2, 0.25) is 6.08 Å². The number of hydrogen-bond donors (Lipinski definition) is 0. The van der Waals surface area contributed by atoms with Gasteiger partial charge in [-0.15, -0.1) is 0 Å². The SMILES string of the molecule is CO[Si](CCN=C=O)(OC)OC. The van der Waals surface area contributed by atoms with Crippen molar-refractivity contribution in [3.8, 4) is 0 Å². The largest absolute Gasteiger partial charge is 0.502 e. The predicted molar refractivity (Wildman–Crippen MR) is 44.6 cm³/mol. The number of carbonyl (C=O) groups excluding carboxylic acids is 1. The van der Waals surface area contributed by atoms with E-state index in [0.717, 1.165) is 0 Å². The third-order valence-corrected chi connectivity index (χ3v) is 4.23. The van der Waals surface area contributed by atoms with E-state index in [2.05, 4.69) is 4.99 Å². The molecule has 0 aliphatic carbocycles. The van der Waals surface area contributed by atoms with Crippen molar-refractivity contribution in [2.75, 3.05) is 27.9 Å². The van der Waals surface area contributed by atoms with Crippen molar-refractivity contribution in [1.29, 1.82) is 0 Å². The minimum atomic E-state index is -2.53. The molecule has 0 heterocycles. The van der Waals surface area contributed by atoms with Crippen LogP contribution in [0.4, 0.5) is 0 Å². The summed E-state index contributed by atoms with van der Waals surface area (Å²) in [5.74, 6) is 0. The molecule has 5 nitrogen and oxygen atoms in total. The van der Waals surface area contributed by atoms with Crippen LogP contribution in [0, 0.1) is 0 Å². The average molecular weight is 191 g/mol. The molecule has 0 radical (unpaired) electrons. The second kappa shape index (κ2) is 6.04. The van der Waals surface area contributed by atoms with E-state index in [1.165, 1.54) is 27.4 Å². The lowest BCUT2D eigenvalue weighted by molar-refractivity contribution is 0.124. The predicted octanol–water partition coefficient (Wildman–Crippen LogP) is 0.200. The summed E-state index contributed by atoms with van der Waals surface area (Å²) in [6.07, 6.45) is 1.44. The van der Waals surface area contributed by atoms with E-state index >= 15 is 0 Å². The molecule has 0 spiro atoms. The van der Waals surface area contributed by atoms with Gasteiger partial charge in [-0.05, 0) is 0 Å². The number of hydrogen-bond acceptors (Lipinski definition) is 5. The van der Waals surface area contributed by atoms with Gasteiger partial charge in [0.25, 0.3) is 0 Å². The van der Waals surface area contributed by atoms with Crippen LogP contribution in [0.3, 0.4) is 0 Å². The number of isocyanates is 1. The lowest BCUT2D eigenvalue weighted by Crippen LogP contribution is -2.43. The smallest absolute Gasteiger partial charge is 0.377 e. The first-order chi connectivity index (χ1) is 5.74. The molecular weight excluding hydrogens is 178 g/mol. The van der Waals surface area contributed by atoms with Crippen molar-refractivity contribution < 1.29 is 18.1 Å². The Labute approximate surface area is 72.7 Å². The third kappa shape index (κ3) is 3.25. The second-order valence-electron chi connectivity index (χ2n) is 2.02. The molecule has 0 aliphatic heterocycles. The van der Waals surface area contributed by atoms with Gasteiger partial charge >= 0.3 is 8.80 Å². The lowest BCUT2D eigenvalue weighted by atomic mass is 10.8. The first kappa shape index (κ1) is 11.5. The van der Waals surface area contributed by atoms with Crippen molar-refractivity contribution >= 4 is 14.9 Å². The molecule has 0 fully saturated rings. The summed E-state index contributed by atoms with van der Waals surface area (Å²) in [6, 6.07) is 0.492. The van der Waals surface area contributed by atoms with Crippen molar-refractivity contribution in [2.45, 2.75) is 6.04 Å². The molecule has 0 aromatic heterocycles. The topological polar surface area (TPSA) is 57.1 Å². The van der Waals surface area contributed by atoms with Gasteiger partial charge in [-0.25, -0.2) is 9.79 Å². The maximum atomic E-state index is 9.76. The van der Waals surface area contributed by atoms with Gasteiger partial charge in [0.15, 0.2) is 0 Å². The summed E-state index contributed by atoms with van der Waals surface area (Å²) in [5, 5.41) is 0. The number of aliphatic imine (C=N–C) groups is 1. The third-order valence-electron chi connectivity index (χ3n) is 1.53. The maximum absolute atomic E-state index is 9.76. The second-order valence-corrected chi connectivity index (χ2v) is 5.11. The highest BCUT2D eigenvalue weighted by molar-refractivity contribution is 6.60. The first-order valence-corrected chi connectivity index (χ1v) is 5.37. The molecule has 0 aliphatic rings. The van der Waals surface area contributed by atoms with E-state index in [0.29, 0.717) is 12.6 Å². The molecule has 0 saturated carbocycles. The van der Waals surface area contributed by atoms with Gasteiger partial charge in [0, 0.05) is 27.4 Å². The Morgan fingerprint density at radius 3 is 2.08 bits per heavy atom. The van der Waals surface area contributed by atoms with E-state index in [9.17, 15) is 4.79 Å². The van der Waals surface area contributed by atoms with Crippen LogP contribution in [0.25, 0.3) is 0 Å². The Morgan fingerprint density at radius 2 is 1.75 bits per heavy atom. The molecule has 70 valence electrons. The maximum Gasteiger partial charge on any atom is 0.502 e. The van der Waals surface area contributed by atoms with E-state index in [1.54, 1.807) is 0 Å². The summed E-state index contributed by atoms with van der Waals surface area (Å²) in [5.41, 5.74) is 0. The molecule has 12 heavy (non-hydrogen) atoms. The van der Waals surface area contributed by atoms with Crippen LogP contribution >= 0.6 is 0 Å². The molecule has 0 aromatic rings. The summed E-state index contributed by atoms with van der Waals surface area (Å²) in [4.78, 5) is 13.1. The van der Waals surface area contributed by atoms with E-state index in [-0.39, 0.29) is 0 Å². The van der Waals surface area contributed by atoms with Gasteiger partial charge in [0.05, 0.1) is 6.54 Å². The summed E-state index contributed by atoms with van der Waals surface area (Å²) >= 11 is 0. The zero-order valence-corrected chi connectivity index (χ0v) is 8.49. The first-order valence-electron chi connectivity index (χ1n) is 3.43. The van der Waals surface area contributed by atoms with Crippen LogP contribution in [0.2, 0.25) is 6.04 Å². The summed E-state index contributed by atoms with van der Waals surface area (Å²) in [7, 11) is 2.03. The Kier molecular flexibility index (Phi) is 5.78. The van der Waals surface area contributed by atoms with Gasteiger partial charge in [-0.2, -0.15) is 0 Å². The highest BCUT2D eigenvalue weighted by Gasteiger charge is 2.36. The van der Waals surface area contributed by atoms with Gasteiger partial charge < -0.3 is 13.3 Å². The van der Waals surface area contributed by atoms with Crippen LogP contribution in [0.15, 0.2) is 4.99 Å². The average Bonchev–Trinajstić information content (AvgIpc) is 2.14. The molecule has 0 aromatic carbocycles. The fourth-order valence-corrected chi connectivity index (χ4v) is 2.29. The standard InChI is InChI=1S/C6H13NO4Si/c1-9-12(10-2,11-3)5-4-7-6-8/h4-5H2,1-3H3. The van der Waals surface area contributed by atoms with Gasteiger partial charge in [0.1, 0.15) is 0 Å². The molecular formula is C6H13NO4Si. The quantitative estimate of drug-likeness (QED) is 0.342. The zero-order valence-electron chi connectivity index (χ0n) is 7.49. The molecule has 0 rings (SSSR count). The molecule has 0 atom stereocenters. The number of rotatable bonds is 6. The summed E-state index contributed by atoms with van der Waals surface area (Å²) < 4.78 is 15.3. The summed E-state index contributed by atoms with van der Waals surface area (Å²) in [6.45, 7) is 0.325. The molecule has 0 unspecified atom stereocenters. The van der Waals surface area contributed by atoms with Crippen LogP contribution in [-0.2, 0) is 18.1 Å². The van der Waals surface area contributed by atoms with Crippen molar-refractivity contribution in [1.82, 2.24) is 0 Å². The Morgan fingerprint density at radius 1 is 1.25 bits per heavy atom. The van der Waals surface area contributed by atoms with E-state index < -0.39 is 8.80 Å². The Bertz CT molecular complexity index is 157. The minimum Gasteiger partial charge on any atom is -0.377 e. The van der Waals surface area contributed by atoms with Gasteiger partial charge in [-0.3, -0.25) is 0 Å². The van der Waals surface area contributed by atoms with Crippen molar-refractivity contribution in [3.05, 3.63) is 0 Å². The lowest BCUT2D eigenvalue weighted by Gasteiger charge is -2.22. The van der Waals surface area contributed by atoms with Crippen LogP contribution in [0.1, 0.15) is 0 Å². The highest BCUT2D eigenvalue weighted by atomic mass is 28.4. The highest BCUT2D eigenvalue weighted by Crippen LogP contribution is 2.11. The van der Waals surface area contributed by atoms with Crippen molar-refractivity contribution in [2.24, 2.45) is 4.99 Å². The normalized spacial score (nSPS) is 10.9. The molecule has 0 N–H and O–H groups in total. The van der Waals surface area contributed by atoms with Crippen LogP contribution in [0.5, 0.6) is 0 Å². The van der Waals surface area contributed by atoms with Gasteiger partial charge in [-0.1, -0.05) is 0 Å². The molecule has 6 heteroatoms. The van der Waals surface area contributed by atoms with Crippen LogP contribution in [-0.4, -0.2) is 42.8 Å².